The van der Waals surface area contributed by atoms with Crippen LogP contribution in [0.4, 0.5) is 10.1 Å². The number of anilines is 1. The maximum Gasteiger partial charge on any atom is 0.278 e. The zero-order valence-corrected chi connectivity index (χ0v) is 19.6. The van der Waals surface area contributed by atoms with E-state index < -0.39 is 5.91 Å². The third-order valence-electron chi connectivity index (χ3n) is 5.02. The average Bonchev–Trinajstić information content (AvgIpc) is 3.34. The fraction of sp³-hybridized carbons (Fsp3) is 0.0385. The van der Waals surface area contributed by atoms with Crippen molar-refractivity contribution in [2.75, 3.05) is 5.32 Å². The highest BCUT2D eigenvalue weighted by Crippen LogP contribution is 2.25. The van der Waals surface area contributed by atoms with Gasteiger partial charge in [-0.1, -0.05) is 35.2 Å². The second kappa shape index (κ2) is 10.8. The molecule has 0 spiro atoms. The first-order chi connectivity index (χ1) is 17.7. The summed E-state index contributed by atoms with van der Waals surface area (Å²) < 4.78 is 20.8. The smallest absolute Gasteiger partial charge is 0.278 e. The van der Waals surface area contributed by atoms with E-state index in [4.69, 9.17) is 4.74 Å². The van der Waals surface area contributed by atoms with E-state index in [0.717, 1.165) is 5.75 Å². The van der Waals surface area contributed by atoms with Crippen LogP contribution < -0.4 is 10.1 Å². The minimum absolute atomic E-state index is 0.146. The highest BCUT2D eigenvalue weighted by atomic mass is 32.2. The first kappa shape index (κ1) is 23.2. The molecule has 0 radical (unpaired) electrons. The number of aromatic nitrogens is 5. The lowest BCUT2D eigenvalue weighted by atomic mass is 10.2. The summed E-state index contributed by atoms with van der Waals surface area (Å²) in [4.78, 5) is 21.6. The fourth-order valence-corrected chi connectivity index (χ4v) is 4.11. The molecule has 0 aliphatic carbocycles. The molecule has 8 nitrogen and oxygen atoms in total. The normalized spacial score (nSPS) is 10.7. The summed E-state index contributed by atoms with van der Waals surface area (Å²) in [5, 5.41) is 11.7. The van der Waals surface area contributed by atoms with Crippen LogP contribution in [0.1, 0.15) is 16.2 Å². The zero-order chi connectivity index (χ0) is 24.7. The number of nitrogens with zero attached hydrogens (tertiary/aromatic N) is 5. The minimum atomic E-state index is -0.426. The van der Waals surface area contributed by atoms with Crippen LogP contribution in [0.5, 0.6) is 11.5 Å². The van der Waals surface area contributed by atoms with E-state index in [1.54, 1.807) is 54.9 Å². The summed E-state index contributed by atoms with van der Waals surface area (Å²) in [7, 11) is 0. The van der Waals surface area contributed by atoms with Crippen molar-refractivity contribution >= 4 is 23.4 Å². The Kier molecular flexibility index (Phi) is 6.95. The molecule has 5 aromatic rings. The van der Waals surface area contributed by atoms with E-state index in [1.165, 1.54) is 28.6 Å². The first-order valence-electron chi connectivity index (χ1n) is 10.9. The van der Waals surface area contributed by atoms with Crippen molar-refractivity contribution in [2.24, 2.45) is 0 Å². The van der Waals surface area contributed by atoms with Crippen molar-refractivity contribution in [3.63, 3.8) is 0 Å². The van der Waals surface area contributed by atoms with Crippen molar-refractivity contribution in [3.05, 3.63) is 115 Å². The number of para-hydroxylation sites is 1. The molecule has 0 fully saturated rings. The Labute approximate surface area is 210 Å². The molecule has 1 N–H and O–H groups in total. The number of thioether (sulfide) groups is 1. The average molecular weight is 499 g/mol. The SMILES string of the molecule is O=C(Nc1ccc(Oc2ccccc2)cc1)c1nnn(-c2ccc(F)cc2)c1CSc1ncccn1. The van der Waals surface area contributed by atoms with Crippen LogP contribution in [0.15, 0.2) is 102 Å². The van der Waals surface area contributed by atoms with E-state index in [2.05, 4.69) is 25.6 Å². The number of nitrogens with one attached hydrogen (secondary N) is 1. The molecule has 2 heterocycles. The number of amides is 1. The van der Waals surface area contributed by atoms with Crippen LogP contribution in [0, 0.1) is 5.82 Å². The molecular weight excluding hydrogens is 479 g/mol. The van der Waals surface area contributed by atoms with Gasteiger partial charge in [-0.2, -0.15) is 0 Å². The molecule has 36 heavy (non-hydrogen) atoms. The number of carbonyl (C=O) groups excluding carboxylic acids is 1. The van der Waals surface area contributed by atoms with Gasteiger partial charge in [0.15, 0.2) is 10.9 Å². The highest BCUT2D eigenvalue weighted by molar-refractivity contribution is 7.98. The van der Waals surface area contributed by atoms with E-state index in [9.17, 15) is 9.18 Å². The maximum absolute atomic E-state index is 13.5. The summed E-state index contributed by atoms with van der Waals surface area (Å²) in [5.74, 6) is 0.883. The van der Waals surface area contributed by atoms with Gasteiger partial charge < -0.3 is 10.1 Å². The summed E-state index contributed by atoms with van der Waals surface area (Å²) in [6.45, 7) is 0. The number of rotatable bonds is 8. The van der Waals surface area contributed by atoms with Gasteiger partial charge in [-0.15, -0.1) is 5.10 Å². The Morgan fingerprint density at radius 3 is 2.31 bits per heavy atom. The van der Waals surface area contributed by atoms with E-state index >= 15 is 0 Å². The van der Waals surface area contributed by atoms with Crippen LogP contribution in [-0.2, 0) is 5.75 Å². The maximum atomic E-state index is 13.5. The van der Waals surface area contributed by atoms with Gasteiger partial charge in [-0.05, 0) is 66.7 Å². The topological polar surface area (TPSA) is 94.8 Å². The number of hydrogen-bond donors (Lipinski definition) is 1. The second-order valence-electron chi connectivity index (χ2n) is 7.49. The zero-order valence-electron chi connectivity index (χ0n) is 18.8. The van der Waals surface area contributed by atoms with E-state index in [1.807, 2.05) is 30.3 Å². The molecule has 5 rings (SSSR count). The molecular formula is C26H19FN6O2S. The Morgan fingerprint density at radius 1 is 0.889 bits per heavy atom. The van der Waals surface area contributed by atoms with Gasteiger partial charge in [0.1, 0.15) is 17.3 Å². The van der Waals surface area contributed by atoms with Gasteiger partial charge >= 0.3 is 0 Å². The molecule has 0 saturated heterocycles. The van der Waals surface area contributed by atoms with Crippen LogP contribution in [0.3, 0.4) is 0 Å². The first-order valence-corrected chi connectivity index (χ1v) is 11.9. The molecule has 0 saturated carbocycles. The number of carbonyl (C=O) groups is 1. The Bertz CT molecular complexity index is 1450. The lowest BCUT2D eigenvalue weighted by Crippen LogP contribution is -2.15. The van der Waals surface area contributed by atoms with Crippen molar-refractivity contribution in [2.45, 2.75) is 10.9 Å². The van der Waals surface area contributed by atoms with Crippen molar-refractivity contribution < 1.29 is 13.9 Å². The van der Waals surface area contributed by atoms with Crippen LogP contribution in [0.2, 0.25) is 0 Å². The van der Waals surface area contributed by atoms with Crippen LogP contribution >= 0.6 is 11.8 Å². The predicted molar refractivity (Wildman–Crippen MR) is 134 cm³/mol. The van der Waals surface area contributed by atoms with Crippen molar-refractivity contribution in [1.82, 2.24) is 25.0 Å². The fourth-order valence-electron chi connectivity index (χ4n) is 3.31. The van der Waals surface area contributed by atoms with E-state index in [0.29, 0.717) is 33.7 Å². The second-order valence-corrected chi connectivity index (χ2v) is 8.43. The van der Waals surface area contributed by atoms with Crippen LogP contribution in [0.25, 0.3) is 5.69 Å². The number of ether oxygens (including phenoxy) is 1. The molecule has 10 heteroatoms. The minimum Gasteiger partial charge on any atom is -0.457 e. The Morgan fingerprint density at radius 2 is 1.58 bits per heavy atom. The predicted octanol–water partition coefficient (Wildman–Crippen LogP) is 5.53. The van der Waals surface area contributed by atoms with Gasteiger partial charge in [0, 0.05) is 23.8 Å². The van der Waals surface area contributed by atoms with Crippen molar-refractivity contribution in [3.8, 4) is 17.2 Å². The van der Waals surface area contributed by atoms with Gasteiger partial charge in [0.2, 0.25) is 0 Å². The van der Waals surface area contributed by atoms with Gasteiger partial charge in [-0.3, -0.25) is 4.79 Å². The van der Waals surface area contributed by atoms with Crippen molar-refractivity contribution in [1.29, 1.82) is 0 Å². The van der Waals surface area contributed by atoms with E-state index in [-0.39, 0.29) is 11.5 Å². The lowest BCUT2D eigenvalue weighted by Gasteiger charge is -2.09. The third kappa shape index (κ3) is 5.56. The number of hydrogen-bond acceptors (Lipinski definition) is 7. The monoisotopic (exact) mass is 498 g/mol. The molecule has 0 aliphatic rings. The number of halogens is 1. The molecule has 0 aliphatic heterocycles. The quantitative estimate of drug-likeness (QED) is 0.222. The Hall–Kier alpha value is -4.57. The molecule has 0 atom stereocenters. The summed E-state index contributed by atoms with van der Waals surface area (Å²) >= 11 is 1.34. The Balaban J connectivity index is 1.36. The van der Waals surface area contributed by atoms with Crippen LogP contribution in [-0.4, -0.2) is 30.9 Å². The number of benzene rings is 3. The molecule has 3 aromatic carbocycles. The molecule has 1 amide bonds. The molecule has 178 valence electrons. The molecule has 2 aromatic heterocycles. The van der Waals surface area contributed by atoms with Gasteiger partial charge in [-0.25, -0.2) is 19.0 Å². The van der Waals surface area contributed by atoms with Gasteiger partial charge in [0.25, 0.3) is 5.91 Å². The molecule has 0 unspecified atom stereocenters. The highest BCUT2D eigenvalue weighted by Gasteiger charge is 2.21. The lowest BCUT2D eigenvalue weighted by molar-refractivity contribution is 0.102. The van der Waals surface area contributed by atoms with Gasteiger partial charge in [0.05, 0.1) is 11.4 Å². The molecule has 0 bridgehead atoms. The largest absolute Gasteiger partial charge is 0.457 e. The summed E-state index contributed by atoms with van der Waals surface area (Å²) in [6.07, 6.45) is 3.29. The third-order valence-corrected chi connectivity index (χ3v) is 5.91. The standard InChI is InChI=1S/C26H19FN6O2S/c27-18-7-11-20(12-8-18)33-23(17-36-26-28-15-4-16-29-26)24(31-32-33)25(34)30-19-9-13-22(14-10-19)35-21-5-2-1-3-6-21/h1-16H,17H2,(H,30,34). The summed E-state index contributed by atoms with van der Waals surface area (Å²) in [6, 6.07) is 24.0. The summed E-state index contributed by atoms with van der Waals surface area (Å²) in [5.41, 5.74) is 1.82.